The molecule has 0 saturated carbocycles. The molecule has 3 aromatic carbocycles. The van der Waals surface area contributed by atoms with Crippen LogP contribution < -0.4 is 14.8 Å². The lowest BCUT2D eigenvalue weighted by Gasteiger charge is -2.11. The molecule has 0 fully saturated rings. The SMILES string of the molecule is CS(=O)(=O)Nc1ccc(C(=O)NCCOc2cccc3ccccc23)c(Cl)c1. The Morgan fingerprint density at radius 3 is 2.57 bits per heavy atom. The van der Waals surface area contributed by atoms with Gasteiger partial charge < -0.3 is 10.1 Å². The molecule has 146 valence electrons. The summed E-state index contributed by atoms with van der Waals surface area (Å²) in [6.07, 6.45) is 1.04. The van der Waals surface area contributed by atoms with Crippen LogP contribution >= 0.6 is 11.6 Å². The van der Waals surface area contributed by atoms with Gasteiger partial charge in [-0.2, -0.15) is 0 Å². The van der Waals surface area contributed by atoms with Crippen molar-refractivity contribution in [3.63, 3.8) is 0 Å². The zero-order valence-corrected chi connectivity index (χ0v) is 16.7. The first-order valence-electron chi connectivity index (χ1n) is 8.49. The van der Waals surface area contributed by atoms with Crippen molar-refractivity contribution in [3.8, 4) is 5.75 Å². The van der Waals surface area contributed by atoms with Crippen LogP contribution in [0.4, 0.5) is 5.69 Å². The van der Waals surface area contributed by atoms with Crippen LogP contribution in [0.1, 0.15) is 10.4 Å². The number of fused-ring (bicyclic) bond motifs is 1. The predicted molar refractivity (Wildman–Crippen MR) is 112 cm³/mol. The lowest BCUT2D eigenvalue weighted by atomic mass is 10.1. The molecular formula is C20H19ClN2O4S. The Kier molecular flexibility index (Phi) is 6.06. The fraction of sp³-hybridized carbons (Fsp3) is 0.150. The Labute approximate surface area is 168 Å². The standard InChI is InChI=1S/C20H19ClN2O4S/c1-28(25,26)23-15-9-10-17(18(21)13-15)20(24)22-11-12-27-19-8-4-6-14-5-2-3-7-16(14)19/h2-10,13,23H,11-12H2,1H3,(H,22,24). The van der Waals surface area contributed by atoms with Crippen molar-refractivity contribution < 1.29 is 17.9 Å². The average Bonchev–Trinajstić information content (AvgIpc) is 2.64. The Balaban J connectivity index is 1.57. The van der Waals surface area contributed by atoms with E-state index >= 15 is 0 Å². The summed E-state index contributed by atoms with van der Waals surface area (Å²) in [4.78, 5) is 12.3. The smallest absolute Gasteiger partial charge is 0.252 e. The van der Waals surface area contributed by atoms with E-state index in [2.05, 4.69) is 10.0 Å². The molecule has 2 N–H and O–H groups in total. The van der Waals surface area contributed by atoms with Gasteiger partial charge in [0, 0.05) is 11.1 Å². The molecule has 0 heterocycles. The van der Waals surface area contributed by atoms with Gasteiger partial charge in [-0.15, -0.1) is 0 Å². The van der Waals surface area contributed by atoms with Crippen molar-refractivity contribution in [3.05, 3.63) is 71.2 Å². The van der Waals surface area contributed by atoms with Crippen molar-refractivity contribution >= 4 is 44.0 Å². The first-order valence-corrected chi connectivity index (χ1v) is 10.8. The predicted octanol–water partition coefficient (Wildman–Crippen LogP) is 3.67. The molecule has 0 aliphatic heterocycles. The maximum absolute atomic E-state index is 12.3. The number of hydrogen-bond acceptors (Lipinski definition) is 4. The van der Waals surface area contributed by atoms with Crippen LogP contribution in [0.5, 0.6) is 5.75 Å². The van der Waals surface area contributed by atoms with Crippen LogP contribution in [0.15, 0.2) is 60.7 Å². The van der Waals surface area contributed by atoms with Crippen LogP contribution in [0.25, 0.3) is 10.8 Å². The number of amides is 1. The Morgan fingerprint density at radius 1 is 1.07 bits per heavy atom. The van der Waals surface area contributed by atoms with Crippen LogP contribution in [-0.4, -0.2) is 33.7 Å². The molecule has 1 amide bonds. The minimum atomic E-state index is -3.41. The first kappa shape index (κ1) is 20.0. The molecule has 6 nitrogen and oxygen atoms in total. The molecule has 0 aliphatic carbocycles. The number of benzene rings is 3. The second kappa shape index (κ2) is 8.50. The van der Waals surface area contributed by atoms with Gasteiger partial charge >= 0.3 is 0 Å². The second-order valence-electron chi connectivity index (χ2n) is 6.15. The van der Waals surface area contributed by atoms with Gasteiger partial charge in [0.05, 0.1) is 23.4 Å². The topological polar surface area (TPSA) is 84.5 Å². The highest BCUT2D eigenvalue weighted by Crippen LogP contribution is 2.25. The summed E-state index contributed by atoms with van der Waals surface area (Å²) in [7, 11) is -3.41. The minimum Gasteiger partial charge on any atom is -0.491 e. The Bertz CT molecular complexity index is 1110. The van der Waals surface area contributed by atoms with Gasteiger partial charge in [0.2, 0.25) is 10.0 Å². The fourth-order valence-electron chi connectivity index (χ4n) is 2.72. The molecule has 0 saturated heterocycles. The normalized spacial score (nSPS) is 11.2. The number of ether oxygens (including phenoxy) is 1. The number of halogens is 1. The highest BCUT2D eigenvalue weighted by Gasteiger charge is 2.12. The van der Waals surface area contributed by atoms with Gasteiger partial charge in [-0.05, 0) is 29.7 Å². The zero-order valence-electron chi connectivity index (χ0n) is 15.1. The van der Waals surface area contributed by atoms with E-state index in [1.54, 1.807) is 0 Å². The van der Waals surface area contributed by atoms with Gasteiger partial charge in [-0.3, -0.25) is 9.52 Å². The molecule has 0 unspecified atom stereocenters. The lowest BCUT2D eigenvalue weighted by molar-refractivity contribution is 0.0947. The number of nitrogens with one attached hydrogen (secondary N) is 2. The minimum absolute atomic E-state index is 0.154. The summed E-state index contributed by atoms with van der Waals surface area (Å²) in [6, 6.07) is 18.1. The molecule has 0 aromatic heterocycles. The maximum atomic E-state index is 12.3. The molecule has 0 spiro atoms. The zero-order chi connectivity index (χ0) is 20.1. The van der Waals surface area contributed by atoms with Gasteiger partial charge in [0.25, 0.3) is 5.91 Å². The van der Waals surface area contributed by atoms with Crippen LogP contribution in [0, 0.1) is 0 Å². The lowest BCUT2D eigenvalue weighted by Crippen LogP contribution is -2.28. The third kappa shape index (κ3) is 5.15. The highest BCUT2D eigenvalue weighted by molar-refractivity contribution is 7.92. The monoisotopic (exact) mass is 418 g/mol. The third-order valence-corrected chi connectivity index (χ3v) is 4.83. The van der Waals surface area contributed by atoms with Gasteiger partial charge in [0.15, 0.2) is 0 Å². The fourth-order valence-corrected chi connectivity index (χ4v) is 3.54. The van der Waals surface area contributed by atoms with Gasteiger partial charge in [-0.25, -0.2) is 8.42 Å². The Hall–Kier alpha value is -2.77. The molecule has 3 rings (SSSR count). The summed E-state index contributed by atoms with van der Waals surface area (Å²) >= 11 is 6.10. The number of rotatable bonds is 7. The highest BCUT2D eigenvalue weighted by atomic mass is 35.5. The molecule has 3 aromatic rings. The summed E-state index contributed by atoms with van der Waals surface area (Å²) in [5.41, 5.74) is 0.550. The van der Waals surface area contributed by atoms with E-state index in [4.69, 9.17) is 16.3 Å². The number of sulfonamides is 1. The van der Waals surface area contributed by atoms with E-state index in [-0.39, 0.29) is 16.5 Å². The molecule has 0 bridgehead atoms. The molecule has 0 aliphatic rings. The van der Waals surface area contributed by atoms with Crippen molar-refractivity contribution in [2.24, 2.45) is 0 Å². The summed E-state index contributed by atoms with van der Waals surface area (Å²) in [5.74, 6) is 0.388. The second-order valence-corrected chi connectivity index (χ2v) is 8.31. The summed E-state index contributed by atoms with van der Waals surface area (Å²) in [5, 5.41) is 4.98. The van der Waals surface area contributed by atoms with E-state index in [9.17, 15) is 13.2 Å². The van der Waals surface area contributed by atoms with Crippen molar-refractivity contribution in [1.29, 1.82) is 0 Å². The summed E-state index contributed by atoms with van der Waals surface area (Å²) in [6.45, 7) is 0.590. The molecular weight excluding hydrogens is 400 g/mol. The number of anilines is 1. The van der Waals surface area contributed by atoms with Crippen LogP contribution in [0.2, 0.25) is 5.02 Å². The first-order chi connectivity index (χ1) is 13.3. The van der Waals surface area contributed by atoms with Crippen molar-refractivity contribution in [2.75, 3.05) is 24.1 Å². The van der Waals surface area contributed by atoms with E-state index in [0.29, 0.717) is 18.8 Å². The van der Waals surface area contributed by atoms with Crippen LogP contribution in [-0.2, 0) is 10.0 Å². The van der Waals surface area contributed by atoms with E-state index in [1.165, 1.54) is 18.2 Å². The van der Waals surface area contributed by atoms with Crippen molar-refractivity contribution in [2.45, 2.75) is 0 Å². The van der Waals surface area contributed by atoms with Crippen LogP contribution in [0.3, 0.4) is 0 Å². The number of carbonyl (C=O) groups is 1. The number of hydrogen-bond donors (Lipinski definition) is 2. The maximum Gasteiger partial charge on any atom is 0.252 e. The molecule has 8 heteroatoms. The van der Waals surface area contributed by atoms with E-state index in [0.717, 1.165) is 22.8 Å². The van der Waals surface area contributed by atoms with Gasteiger partial charge in [-0.1, -0.05) is 48.0 Å². The van der Waals surface area contributed by atoms with Crippen molar-refractivity contribution in [1.82, 2.24) is 5.32 Å². The Morgan fingerprint density at radius 2 is 1.82 bits per heavy atom. The average molecular weight is 419 g/mol. The molecule has 28 heavy (non-hydrogen) atoms. The number of carbonyl (C=O) groups excluding carboxylic acids is 1. The quantitative estimate of drug-likeness (QED) is 0.573. The van der Waals surface area contributed by atoms with E-state index in [1.807, 2.05) is 42.5 Å². The summed E-state index contributed by atoms with van der Waals surface area (Å²) < 4.78 is 30.6. The molecule has 0 radical (unpaired) electrons. The van der Waals surface area contributed by atoms with E-state index < -0.39 is 10.0 Å². The largest absolute Gasteiger partial charge is 0.491 e. The third-order valence-electron chi connectivity index (χ3n) is 3.91. The van der Waals surface area contributed by atoms with Gasteiger partial charge in [0.1, 0.15) is 12.4 Å². The molecule has 0 atom stereocenters.